The molecule has 21 heavy (non-hydrogen) atoms. The molecule has 0 saturated heterocycles. The highest BCUT2D eigenvalue weighted by Crippen LogP contribution is 2.11. The Morgan fingerprint density at radius 3 is 2.57 bits per heavy atom. The fourth-order valence-corrected chi connectivity index (χ4v) is 1.81. The number of aromatic carboxylic acids is 1. The number of carboxylic acid groups (broad SMARTS) is 1. The number of hydrazone groups is 1. The van der Waals surface area contributed by atoms with Gasteiger partial charge in [-0.25, -0.2) is 4.79 Å². The first-order chi connectivity index (χ1) is 9.99. The van der Waals surface area contributed by atoms with Gasteiger partial charge in [0.05, 0.1) is 11.3 Å². The molecular weight excluding hydrogens is 264 g/mol. The summed E-state index contributed by atoms with van der Waals surface area (Å²) in [4.78, 5) is 10.7. The first-order valence-corrected chi connectivity index (χ1v) is 7.23. The number of rotatable bonds is 8. The number of hydrogen-bond acceptors (Lipinski definition) is 3. The summed E-state index contributed by atoms with van der Waals surface area (Å²) in [5.74, 6) is -0.323. The number of nitrogens with zero attached hydrogens (tertiary/aromatic N) is 1. The Balaban J connectivity index is 2.31. The molecule has 114 valence electrons. The lowest BCUT2D eigenvalue weighted by molar-refractivity contribution is 0.0697. The normalized spacial score (nSPS) is 12.1. The van der Waals surface area contributed by atoms with E-state index >= 15 is 0 Å². The van der Waals surface area contributed by atoms with E-state index < -0.39 is 5.97 Å². The van der Waals surface area contributed by atoms with E-state index in [-0.39, 0.29) is 5.56 Å². The van der Waals surface area contributed by atoms with Crippen molar-refractivity contribution in [2.45, 2.75) is 40.0 Å². The van der Waals surface area contributed by atoms with Gasteiger partial charge >= 0.3 is 5.97 Å². The van der Waals surface area contributed by atoms with Gasteiger partial charge in [-0.2, -0.15) is 5.10 Å². The van der Waals surface area contributed by atoms with Crippen LogP contribution in [0.2, 0.25) is 0 Å². The number of carbonyl (C=O) groups is 1. The Kier molecular flexibility index (Phi) is 7.23. The summed E-state index contributed by atoms with van der Waals surface area (Å²) < 4.78 is 0. The van der Waals surface area contributed by atoms with Gasteiger partial charge in [-0.05, 0) is 63.3 Å². The van der Waals surface area contributed by atoms with E-state index in [0.29, 0.717) is 5.92 Å². The molecule has 0 amide bonds. The first kappa shape index (κ1) is 17.0. The van der Waals surface area contributed by atoms with Crippen LogP contribution in [0, 0.1) is 5.92 Å². The van der Waals surface area contributed by atoms with E-state index in [1.54, 1.807) is 24.3 Å². The molecule has 4 heteroatoms. The van der Waals surface area contributed by atoms with Gasteiger partial charge in [0.15, 0.2) is 0 Å². The van der Waals surface area contributed by atoms with E-state index in [1.165, 1.54) is 5.57 Å². The maximum atomic E-state index is 10.7. The van der Waals surface area contributed by atoms with Crippen LogP contribution in [0.4, 0.5) is 5.69 Å². The van der Waals surface area contributed by atoms with Crippen LogP contribution in [0.15, 0.2) is 41.0 Å². The monoisotopic (exact) mass is 288 g/mol. The quantitative estimate of drug-likeness (QED) is 0.419. The summed E-state index contributed by atoms with van der Waals surface area (Å²) in [6.07, 6.45) is 7.33. The highest BCUT2D eigenvalue weighted by atomic mass is 16.4. The van der Waals surface area contributed by atoms with Gasteiger partial charge in [0.25, 0.3) is 0 Å². The molecule has 1 aromatic rings. The number of anilines is 1. The molecule has 4 nitrogen and oxygen atoms in total. The summed E-state index contributed by atoms with van der Waals surface area (Å²) in [6, 6.07) is 6.53. The molecule has 0 aromatic heterocycles. The lowest BCUT2D eigenvalue weighted by Gasteiger charge is -2.06. The molecule has 0 unspecified atom stereocenters. The maximum absolute atomic E-state index is 10.7. The Bertz CT molecular complexity index is 500. The number of hydrogen-bond donors (Lipinski definition) is 2. The van der Waals surface area contributed by atoms with Crippen molar-refractivity contribution in [1.82, 2.24) is 0 Å². The number of nitrogens with one attached hydrogen (secondary N) is 1. The number of allylic oxidation sites excluding steroid dienone is 2. The Morgan fingerprint density at radius 2 is 2.00 bits per heavy atom. The number of benzene rings is 1. The van der Waals surface area contributed by atoms with Crippen LogP contribution < -0.4 is 5.43 Å². The third-order valence-electron chi connectivity index (χ3n) is 3.14. The lowest BCUT2D eigenvalue weighted by Crippen LogP contribution is -1.98. The van der Waals surface area contributed by atoms with Crippen molar-refractivity contribution in [1.29, 1.82) is 0 Å². The van der Waals surface area contributed by atoms with Gasteiger partial charge in [-0.1, -0.05) is 18.6 Å². The summed E-state index contributed by atoms with van der Waals surface area (Å²) in [6.45, 7) is 6.45. The molecule has 2 N–H and O–H groups in total. The summed E-state index contributed by atoms with van der Waals surface area (Å²) in [7, 11) is 0. The van der Waals surface area contributed by atoms with Gasteiger partial charge < -0.3 is 5.11 Å². The average Bonchev–Trinajstić information content (AvgIpc) is 2.43. The molecule has 0 aliphatic heterocycles. The third kappa shape index (κ3) is 7.30. The number of carboxylic acids is 1. The van der Waals surface area contributed by atoms with Gasteiger partial charge in [-0.15, -0.1) is 0 Å². The molecule has 0 saturated carbocycles. The van der Waals surface area contributed by atoms with Crippen molar-refractivity contribution in [3.05, 3.63) is 41.5 Å². The Hall–Kier alpha value is -2.10. The van der Waals surface area contributed by atoms with E-state index in [9.17, 15) is 4.79 Å². The minimum atomic E-state index is -0.921. The summed E-state index contributed by atoms with van der Waals surface area (Å²) >= 11 is 0. The van der Waals surface area contributed by atoms with Crippen molar-refractivity contribution in [3.63, 3.8) is 0 Å². The van der Waals surface area contributed by atoms with E-state index in [2.05, 4.69) is 37.4 Å². The van der Waals surface area contributed by atoms with Crippen LogP contribution in [-0.2, 0) is 0 Å². The maximum Gasteiger partial charge on any atom is 0.335 e. The molecule has 0 bridgehead atoms. The zero-order valence-electron chi connectivity index (χ0n) is 13.0. The van der Waals surface area contributed by atoms with Gasteiger partial charge in [-0.3, -0.25) is 5.43 Å². The van der Waals surface area contributed by atoms with Crippen LogP contribution in [-0.4, -0.2) is 17.3 Å². The fraction of sp³-hybridized carbons (Fsp3) is 0.412. The minimum Gasteiger partial charge on any atom is -0.478 e. The van der Waals surface area contributed by atoms with Crippen molar-refractivity contribution < 1.29 is 9.90 Å². The minimum absolute atomic E-state index is 0.275. The van der Waals surface area contributed by atoms with Gasteiger partial charge in [0, 0.05) is 6.21 Å². The summed E-state index contributed by atoms with van der Waals surface area (Å²) in [5, 5.41) is 13.0. The fourth-order valence-electron chi connectivity index (χ4n) is 1.81. The van der Waals surface area contributed by atoms with Gasteiger partial charge in [0.1, 0.15) is 0 Å². The zero-order chi connectivity index (χ0) is 15.7. The van der Waals surface area contributed by atoms with Crippen molar-refractivity contribution >= 4 is 17.9 Å². The van der Waals surface area contributed by atoms with Crippen LogP contribution in [0.5, 0.6) is 0 Å². The van der Waals surface area contributed by atoms with Crippen molar-refractivity contribution in [2.75, 3.05) is 5.43 Å². The Labute approximate surface area is 126 Å². The molecule has 0 aliphatic rings. The second kappa shape index (κ2) is 8.95. The molecule has 1 rings (SSSR count). The molecule has 0 heterocycles. The predicted molar refractivity (Wildman–Crippen MR) is 88.0 cm³/mol. The molecule has 1 atom stereocenters. The van der Waals surface area contributed by atoms with E-state index in [0.717, 1.165) is 24.9 Å². The molecule has 0 fully saturated rings. The van der Waals surface area contributed by atoms with E-state index in [4.69, 9.17) is 5.11 Å². The second-order valence-corrected chi connectivity index (χ2v) is 5.51. The molecule has 0 radical (unpaired) electrons. The van der Waals surface area contributed by atoms with Crippen LogP contribution in [0.1, 0.15) is 50.4 Å². The lowest BCUT2D eigenvalue weighted by atomic mass is 10.0. The van der Waals surface area contributed by atoms with Crippen molar-refractivity contribution in [2.24, 2.45) is 11.0 Å². The second-order valence-electron chi connectivity index (χ2n) is 5.51. The SMILES string of the molecule is CC(C)=CCC[C@H](C)C/C=N\Nc1ccc(C(=O)O)cc1. The van der Waals surface area contributed by atoms with E-state index in [1.807, 2.05) is 6.21 Å². The molecular formula is C17H24N2O2. The molecule has 1 aromatic carbocycles. The summed E-state index contributed by atoms with van der Waals surface area (Å²) in [5.41, 5.74) is 5.33. The average molecular weight is 288 g/mol. The standard InChI is InChI=1S/C17H24N2O2/c1-13(2)5-4-6-14(3)11-12-18-19-16-9-7-15(8-10-16)17(20)21/h5,7-10,12,14,19H,4,6,11H2,1-3H3,(H,20,21)/b18-12-/t14-/m0/s1. The van der Waals surface area contributed by atoms with Crippen LogP contribution in [0.25, 0.3) is 0 Å². The highest BCUT2D eigenvalue weighted by molar-refractivity contribution is 5.88. The smallest absolute Gasteiger partial charge is 0.335 e. The zero-order valence-corrected chi connectivity index (χ0v) is 13.0. The van der Waals surface area contributed by atoms with Crippen molar-refractivity contribution in [3.8, 4) is 0 Å². The molecule has 0 aliphatic carbocycles. The van der Waals surface area contributed by atoms with Crippen LogP contribution in [0.3, 0.4) is 0 Å². The first-order valence-electron chi connectivity index (χ1n) is 7.23. The third-order valence-corrected chi connectivity index (χ3v) is 3.14. The molecule has 0 spiro atoms. The predicted octanol–water partition coefficient (Wildman–Crippen LogP) is 4.56. The van der Waals surface area contributed by atoms with Gasteiger partial charge in [0.2, 0.25) is 0 Å². The Morgan fingerprint density at radius 1 is 1.33 bits per heavy atom. The largest absolute Gasteiger partial charge is 0.478 e. The van der Waals surface area contributed by atoms with Crippen LogP contribution >= 0.6 is 0 Å². The topological polar surface area (TPSA) is 61.7 Å². The highest BCUT2D eigenvalue weighted by Gasteiger charge is 2.01.